The average Bonchev–Trinajstić information content (AvgIpc) is 2.56. The summed E-state index contributed by atoms with van der Waals surface area (Å²) in [7, 11) is 0. The fraction of sp³-hybridized carbons (Fsp3) is 0.650. The van der Waals surface area contributed by atoms with E-state index in [1.807, 2.05) is 26.8 Å². The highest BCUT2D eigenvalue weighted by Crippen LogP contribution is 2.19. The lowest BCUT2D eigenvalue weighted by Gasteiger charge is -2.31. The first-order valence-corrected chi connectivity index (χ1v) is 9.26. The highest BCUT2D eigenvalue weighted by molar-refractivity contribution is 5.67. The van der Waals surface area contributed by atoms with Crippen molar-refractivity contribution >= 4 is 6.09 Å². The van der Waals surface area contributed by atoms with Gasteiger partial charge in [0.15, 0.2) is 0 Å². The van der Waals surface area contributed by atoms with Crippen LogP contribution in [0.15, 0.2) is 30.3 Å². The van der Waals surface area contributed by atoms with Gasteiger partial charge < -0.3 is 15.4 Å². The number of ether oxygens (including phenoxy) is 1. The van der Waals surface area contributed by atoms with Gasteiger partial charge in [-0.15, -0.1) is 0 Å². The number of amides is 1. The minimum absolute atomic E-state index is 0.161. The molecule has 0 saturated heterocycles. The zero-order chi connectivity index (χ0) is 18.9. The summed E-state index contributed by atoms with van der Waals surface area (Å²) in [6.45, 7) is 15.4. The number of benzene rings is 1. The van der Waals surface area contributed by atoms with Crippen molar-refractivity contribution in [1.29, 1.82) is 0 Å². The van der Waals surface area contributed by atoms with E-state index in [-0.39, 0.29) is 12.1 Å². The smallest absolute Gasteiger partial charge is 0.407 e. The standard InChI is InChI=1S/C20H35N3O2/c1-7-23(8-2)18(17-12-10-9-11-13-17)15-21-16(3)14-22-19(24)25-20(4,5)6/h9-13,16,18,21H,7-8,14-15H2,1-6H3,(H,22,24). The number of carbonyl (C=O) groups is 1. The molecule has 0 saturated carbocycles. The number of nitrogens with one attached hydrogen (secondary N) is 2. The third kappa shape index (κ3) is 8.36. The number of hydrogen-bond donors (Lipinski definition) is 2. The van der Waals surface area contributed by atoms with Gasteiger partial charge in [-0.05, 0) is 46.3 Å². The second kappa shape index (κ2) is 10.4. The summed E-state index contributed by atoms with van der Waals surface area (Å²) in [4.78, 5) is 14.2. The Bertz CT molecular complexity index is 495. The summed E-state index contributed by atoms with van der Waals surface area (Å²) in [5, 5.41) is 6.36. The highest BCUT2D eigenvalue weighted by atomic mass is 16.6. The van der Waals surface area contributed by atoms with Crippen LogP contribution in [0.4, 0.5) is 4.79 Å². The van der Waals surface area contributed by atoms with Crippen LogP contribution in [-0.4, -0.2) is 48.8 Å². The molecule has 0 bridgehead atoms. The van der Waals surface area contributed by atoms with Crippen molar-refractivity contribution in [1.82, 2.24) is 15.5 Å². The molecule has 0 radical (unpaired) electrons. The number of alkyl carbamates (subject to hydrolysis) is 1. The van der Waals surface area contributed by atoms with Gasteiger partial charge in [0.2, 0.25) is 0 Å². The Morgan fingerprint density at radius 1 is 1.12 bits per heavy atom. The van der Waals surface area contributed by atoms with Crippen molar-refractivity contribution in [3.05, 3.63) is 35.9 Å². The molecule has 0 aliphatic heterocycles. The van der Waals surface area contributed by atoms with Crippen molar-refractivity contribution in [2.75, 3.05) is 26.2 Å². The molecule has 0 heterocycles. The largest absolute Gasteiger partial charge is 0.444 e. The molecule has 1 aromatic rings. The van der Waals surface area contributed by atoms with E-state index >= 15 is 0 Å². The number of carbonyl (C=O) groups excluding carboxylic acids is 1. The Morgan fingerprint density at radius 3 is 2.24 bits per heavy atom. The molecule has 2 unspecified atom stereocenters. The molecule has 0 aliphatic rings. The zero-order valence-corrected chi connectivity index (χ0v) is 16.6. The van der Waals surface area contributed by atoms with Gasteiger partial charge in [-0.1, -0.05) is 44.2 Å². The summed E-state index contributed by atoms with van der Waals surface area (Å²) in [6.07, 6.45) is -0.371. The predicted octanol–water partition coefficient (Wildman–Crippen LogP) is 3.57. The summed E-state index contributed by atoms with van der Waals surface area (Å²) >= 11 is 0. The van der Waals surface area contributed by atoms with Crippen LogP contribution in [0.25, 0.3) is 0 Å². The lowest BCUT2D eigenvalue weighted by Crippen LogP contribution is -2.44. The van der Waals surface area contributed by atoms with E-state index in [4.69, 9.17) is 4.74 Å². The lowest BCUT2D eigenvalue weighted by molar-refractivity contribution is 0.0523. The van der Waals surface area contributed by atoms with E-state index in [0.717, 1.165) is 19.6 Å². The van der Waals surface area contributed by atoms with E-state index in [1.54, 1.807) is 0 Å². The number of nitrogens with zero attached hydrogens (tertiary/aromatic N) is 1. The minimum Gasteiger partial charge on any atom is -0.444 e. The molecular formula is C20H35N3O2. The number of hydrogen-bond acceptors (Lipinski definition) is 4. The maximum Gasteiger partial charge on any atom is 0.407 e. The van der Waals surface area contributed by atoms with Gasteiger partial charge in [0.25, 0.3) is 0 Å². The Labute approximate surface area is 153 Å². The normalized spacial score (nSPS) is 14.2. The highest BCUT2D eigenvalue weighted by Gasteiger charge is 2.19. The molecule has 5 nitrogen and oxygen atoms in total. The summed E-state index contributed by atoms with van der Waals surface area (Å²) in [6, 6.07) is 11.0. The quantitative estimate of drug-likeness (QED) is 0.715. The molecule has 142 valence electrons. The monoisotopic (exact) mass is 349 g/mol. The van der Waals surface area contributed by atoms with Crippen LogP contribution < -0.4 is 10.6 Å². The Kier molecular flexibility index (Phi) is 8.93. The van der Waals surface area contributed by atoms with E-state index in [9.17, 15) is 4.79 Å². The first kappa shape index (κ1) is 21.5. The fourth-order valence-electron chi connectivity index (χ4n) is 2.73. The summed E-state index contributed by atoms with van der Waals surface area (Å²) < 4.78 is 5.27. The van der Waals surface area contributed by atoms with E-state index in [1.165, 1.54) is 5.56 Å². The van der Waals surface area contributed by atoms with Crippen LogP contribution in [0.1, 0.15) is 53.1 Å². The molecule has 1 rings (SSSR count). The second-order valence-electron chi connectivity index (χ2n) is 7.34. The van der Waals surface area contributed by atoms with Crippen LogP contribution in [0.3, 0.4) is 0 Å². The van der Waals surface area contributed by atoms with Crippen LogP contribution in [0, 0.1) is 0 Å². The molecule has 1 amide bonds. The fourth-order valence-corrected chi connectivity index (χ4v) is 2.73. The zero-order valence-electron chi connectivity index (χ0n) is 16.6. The van der Waals surface area contributed by atoms with Gasteiger partial charge >= 0.3 is 6.09 Å². The van der Waals surface area contributed by atoms with Crippen molar-refractivity contribution in [3.8, 4) is 0 Å². The number of likely N-dealkylation sites (N-methyl/N-ethyl adjacent to an activating group) is 1. The molecule has 25 heavy (non-hydrogen) atoms. The first-order valence-electron chi connectivity index (χ1n) is 9.26. The van der Waals surface area contributed by atoms with Gasteiger partial charge in [0.1, 0.15) is 5.60 Å². The van der Waals surface area contributed by atoms with Gasteiger partial charge in [-0.25, -0.2) is 4.79 Å². The molecule has 2 N–H and O–H groups in total. The molecular weight excluding hydrogens is 314 g/mol. The van der Waals surface area contributed by atoms with Crippen molar-refractivity contribution < 1.29 is 9.53 Å². The molecule has 0 fully saturated rings. The Balaban J connectivity index is 2.54. The first-order chi connectivity index (χ1) is 11.8. The third-order valence-corrected chi connectivity index (χ3v) is 4.05. The van der Waals surface area contributed by atoms with Crippen LogP contribution in [0.5, 0.6) is 0 Å². The van der Waals surface area contributed by atoms with Crippen molar-refractivity contribution in [3.63, 3.8) is 0 Å². The van der Waals surface area contributed by atoms with Crippen LogP contribution >= 0.6 is 0 Å². The van der Waals surface area contributed by atoms with Gasteiger partial charge in [0.05, 0.1) is 0 Å². The van der Waals surface area contributed by atoms with Crippen molar-refractivity contribution in [2.45, 2.75) is 59.2 Å². The van der Waals surface area contributed by atoms with E-state index in [0.29, 0.717) is 12.6 Å². The number of rotatable bonds is 9. The van der Waals surface area contributed by atoms with Crippen molar-refractivity contribution in [2.24, 2.45) is 0 Å². The maximum absolute atomic E-state index is 11.8. The van der Waals surface area contributed by atoms with Gasteiger partial charge in [0, 0.05) is 25.2 Å². The topological polar surface area (TPSA) is 53.6 Å². The molecule has 2 atom stereocenters. The molecule has 5 heteroatoms. The maximum atomic E-state index is 11.8. The third-order valence-electron chi connectivity index (χ3n) is 4.05. The second-order valence-corrected chi connectivity index (χ2v) is 7.34. The molecule has 0 aliphatic carbocycles. The Hall–Kier alpha value is -1.59. The Morgan fingerprint density at radius 2 is 1.72 bits per heavy atom. The molecule has 0 spiro atoms. The minimum atomic E-state index is -0.470. The molecule has 1 aromatic carbocycles. The SMILES string of the molecule is CCN(CC)C(CNC(C)CNC(=O)OC(C)(C)C)c1ccccc1. The summed E-state index contributed by atoms with van der Waals surface area (Å²) in [5.41, 5.74) is 0.841. The lowest BCUT2D eigenvalue weighted by atomic mass is 10.0. The van der Waals surface area contributed by atoms with E-state index in [2.05, 4.69) is 60.6 Å². The molecule has 0 aromatic heterocycles. The van der Waals surface area contributed by atoms with Gasteiger partial charge in [-0.2, -0.15) is 0 Å². The van der Waals surface area contributed by atoms with Gasteiger partial charge in [-0.3, -0.25) is 4.90 Å². The van der Waals surface area contributed by atoms with Crippen LogP contribution in [-0.2, 0) is 4.74 Å². The van der Waals surface area contributed by atoms with Crippen LogP contribution in [0.2, 0.25) is 0 Å². The predicted molar refractivity (Wildman–Crippen MR) is 104 cm³/mol. The van der Waals surface area contributed by atoms with E-state index < -0.39 is 5.60 Å². The summed E-state index contributed by atoms with van der Waals surface area (Å²) in [5.74, 6) is 0. The average molecular weight is 350 g/mol.